The summed E-state index contributed by atoms with van der Waals surface area (Å²) in [4.78, 5) is 0. The van der Waals surface area contributed by atoms with Gasteiger partial charge in [-0.05, 0) is 48.3 Å². The maximum Gasteiger partial charge on any atom is -0.0357 e. The zero-order valence-electron chi connectivity index (χ0n) is 17.4. The summed E-state index contributed by atoms with van der Waals surface area (Å²) in [5.41, 5.74) is 0. The molecule has 4 unspecified atom stereocenters. The average molecular weight is 335 g/mol. The van der Waals surface area contributed by atoms with Gasteiger partial charge in [-0.15, -0.1) is 0 Å². The quantitative estimate of drug-likeness (QED) is 0.477. The van der Waals surface area contributed by atoms with Crippen LogP contribution in [-0.4, -0.2) is 0 Å². The Hall–Kier alpha value is 0. The first-order chi connectivity index (χ1) is 11.8. The Labute approximate surface area is 153 Å². The van der Waals surface area contributed by atoms with Gasteiger partial charge < -0.3 is 0 Å². The highest BCUT2D eigenvalue weighted by Crippen LogP contribution is 2.48. The molecule has 0 nitrogen and oxygen atoms in total. The zero-order valence-corrected chi connectivity index (χ0v) is 17.4. The summed E-state index contributed by atoms with van der Waals surface area (Å²) in [6.07, 6.45) is 21.5. The lowest BCUT2D eigenvalue weighted by atomic mass is 9.65. The van der Waals surface area contributed by atoms with Gasteiger partial charge in [0.25, 0.3) is 0 Å². The molecule has 0 N–H and O–H groups in total. The monoisotopic (exact) mass is 334 g/mol. The van der Waals surface area contributed by atoms with E-state index in [1.54, 1.807) is 25.7 Å². The summed E-state index contributed by atoms with van der Waals surface area (Å²) in [6, 6.07) is 0. The van der Waals surface area contributed by atoms with Crippen molar-refractivity contribution in [1.29, 1.82) is 0 Å². The fourth-order valence-electron chi connectivity index (χ4n) is 6.17. The van der Waals surface area contributed by atoms with Crippen LogP contribution in [0.2, 0.25) is 0 Å². The van der Waals surface area contributed by atoms with Gasteiger partial charge in [-0.3, -0.25) is 0 Å². The van der Waals surface area contributed by atoms with Gasteiger partial charge in [-0.1, -0.05) is 105 Å². The van der Waals surface area contributed by atoms with E-state index in [9.17, 15) is 0 Å². The third kappa shape index (κ3) is 5.50. The average Bonchev–Trinajstić information content (AvgIpc) is 3.30. The largest absolute Gasteiger partial charge is 0.0683 e. The number of hydrogen-bond acceptors (Lipinski definition) is 0. The van der Waals surface area contributed by atoms with E-state index in [-0.39, 0.29) is 0 Å². The summed E-state index contributed by atoms with van der Waals surface area (Å²) < 4.78 is 0. The highest BCUT2D eigenvalue weighted by atomic mass is 14.4. The molecule has 142 valence electrons. The Balaban J connectivity index is 0.000000158. The van der Waals surface area contributed by atoms with Crippen molar-refractivity contribution >= 4 is 0 Å². The first-order valence-electron chi connectivity index (χ1n) is 11.8. The Bertz CT molecular complexity index is 308. The van der Waals surface area contributed by atoms with E-state index < -0.39 is 0 Å². The number of hydrogen-bond donors (Lipinski definition) is 0. The van der Waals surface area contributed by atoms with Crippen LogP contribution in [0.3, 0.4) is 0 Å². The molecule has 4 aliphatic carbocycles. The van der Waals surface area contributed by atoms with Crippen molar-refractivity contribution in [2.45, 2.75) is 118 Å². The molecule has 4 rings (SSSR count). The normalized spacial score (nSPS) is 37.0. The molecule has 0 amide bonds. The highest BCUT2D eigenvalue weighted by molar-refractivity contribution is 4.88. The molecule has 0 bridgehead atoms. The van der Waals surface area contributed by atoms with E-state index in [0.29, 0.717) is 0 Å². The molecule has 0 spiro atoms. The first-order valence-corrected chi connectivity index (χ1v) is 11.8. The Kier molecular flexibility index (Phi) is 9.20. The minimum Gasteiger partial charge on any atom is -0.0683 e. The Morgan fingerprint density at radius 3 is 1.25 bits per heavy atom. The van der Waals surface area contributed by atoms with Crippen LogP contribution in [0.4, 0.5) is 0 Å². The SMILES string of the molecule is C1CCC(C2CCCC2)CC1.CC.CC1CCCC1C1CCC1C. The molecule has 0 aromatic rings. The van der Waals surface area contributed by atoms with Gasteiger partial charge in [0.05, 0.1) is 0 Å². The predicted molar refractivity (Wildman–Crippen MR) is 108 cm³/mol. The molecule has 0 aromatic carbocycles. The van der Waals surface area contributed by atoms with Crippen LogP contribution in [0.25, 0.3) is 0 Å². The van der Waals surface area contributed by atoms with Crippen molar-refractivity contribution in [3.63, 3.8) is 0 Å². The predicted octanol–water partition coefficient (Wildman–Crippen LogP) is 8.25. The van der Waals surface area contributed by atoms with Crippen molar-refractivity contribution in [2.24, 2.45) is 35.5 Å². The van der Waals surface area contributed by atoms with E-state index >= 15 is 0 Å². The minimum absolute atomic E-state index is 1.04. The molecular formula is C24H46. The third-order valence-corrected chi connectivity index (χ3v) is 7.88. The van der Waals surface area contributed by atoms with E-state index in [0.717, 1.165) is 35.5 Å². The summed E-state index contributed by atoms with van der Waals surface area (Å²) >= 11 is 0. The van der Waals surface area contributed by atoms with Gasteiger partial charge in [0.15, 0.2) is 0 Å². The summed E-state index contributed by atoms with van der Waals surface area (Å²) in [7, 11) is 0. The first kappa shape index (κ1) is 20.3. The van der Waals surface area contributed by atoms with Gasteiger partial charge in [0.2, 0.25) is 0 Å². The second-order valence-corrected chi connectivity index (χ2v) is 9.23. The second kappa shape index (κ2) is 10.9. The fraction of sp³-hybridized carbons (Fsp3) is 1.00. The van der Waals surface area contributed by atoms with Gasteiger partial charge in [-0.25, -0.2) is 0 Å². The molecule has 0 saturated heterocycles. The van der Waals surface area contributed by atoms with Crippen LogP contribution in [0.1, 0.15) is 118 Å². The summed E-state index contributed by atoms with van der Waals surface area (Å²) in [6.45, 7) is 8.90. The Morgan fingerprint density at radius 2 is 0.875 bits per heavy atom. The van der Waals surface area contributed by atoms with Crippen molar-refractivity contribution < 1.29 is 0 Å². The van der Waals surface area contributed by atoms with Crippen LogP contribution in [0.15, 0.2) is 0 Å². The molecule has 0 heterocycles. The molecule has 4 aliphatic rings. The molecular weight excluding hydrogens is 288 g/mol. The number of rotatable bonds is 2. The highest BCUT2D eigenvalue weighted by Gasteiger charge is 2.38. The molecule has 0 radical (unpaired) electrons. The van der Waals surface area contributed by atoms with Crippen molar-refractivity contribution in [2.75, 3.05) is 0 Å². The van der Waals surface area contributed by atoms with E-state index in [1.807, 2.05) is 13.8 Å². The smallest absolute Gasteiger partial charge is 0.0357 e. The van der Waals surface area contributed by atoms with Gasteiger partial charge >= 0.3 is 0 Å². The maximum atomic E-state index is 2.46. The molecule has 4 fully saturated rings. The lowest BCUT2D eigenvalue weighted by Crippen LogP contribution is -2.31. The second-order valence-electron chi connectivity index (χ2n) is 9.23. The minimum atomic E-state index is 1.04. The lowest BCUT2D eigenvalue weighted by molar-refractivity contribution is 0.0979. The van der Waals surface area contributed by atoms with Crippen LogP contribution < -0.4 is 0 Å². The van der Waals surface area contributed by atoms with Crippen molar-refractivity contribution in [1.82, 2.24) is 0 Å². The molecule has 0 aliphatic heterocycles. The third-order valence-electron chi connectivity index (χ3n) is 7.88. The Morgan fingerprint density at radius 1 is 0.417 bits per heavy atom. The van der Waals surface area contributed by atoms with Crippen molar-refractivity contribution in [3.05, 3.63) is 0 Å². The fourth-order valence-corrected chi connectivity index (χ4v) is 6.17. The molecule has 0 aromatic heterocycles. The van der Waals surface area contributed by atoms with E-state index in [2.05, 4.69) is 13.8 Å². The van der Waals surface area contributed by atoms with Crippen LogP contribution in [-0.2, 0) is 0 Å². The van der Waals surface area contributed by atoms with E-state index in [1.165, 1.54) is 64.2 Å². The summed E-state index contributed by atoms with van der Waals surface area (Å²) in [5, 5.41) is 0. The lowest BCUT2D eigenvalue weighted by Gasteiger charge is -2.40. The molecule has 4 atom stereocenters. The van der Waals surface area contributed by atoms with Crippen molar-refractivity contribution in [3.8, 4) is 0 Å². The topological polar surface area (TPSA) is 0 Å². The molecule has 4 saturated carbocycles. The van der Waals surface area contributed by atoms with Gasteiger partial charge in [0, 0.05) is 0 Å². The van der Waals surface area contributed by atoms with E-state index in [4.69, 9.17) is 0 Å². The van der Waals surface area contributed by atoms with Gasteiger partial charge in [-0.2, -0.15) is 0 Å². The molecule has 0 heteroatoms. The molecule has 24 heavy (non-hydrogen) atoms. The van der Waals surface area contributed by atoms with Crippen LogP contribution >= 0.6 is 0 Å². The standard InChI is InChI=1S/2C11H20.C2H6/c1-8-4-3-5-10(8)11-7-6-9(11)2;1-2-6-10(7-3-1)11-8-4-5-9-11;1-2/h8-11H,3-7H2,1-2H3;10-11H,1-9H2;1-2H3. The van der Waals surface area contributed by atoms with Crippen LogP contribution in [0.5, 0.6) is 0 Å². The van der Waals surface area contributed by atoms with Gasteiger partial charge in [0.1, 0.15) is 0 Å². The maximum absolute atomic E-state index is 2.46. The van der Waals surface area contributed by atoms with Crippen LogP contribution in [0, 0.1) is 35.5 Å². The zero-order chi connectivity index (χ0) is 17.4. The summed E-state index contributed by atoms with van der Waals surface area (Å²) in [5.74, 6) is 6.62.